The Hall–Kier alpha value is -1.29. The summed E-state index contributed by atoms with van der Waals surface area (Å²) in [6.07, 6.45) is 0. The molecule has 2 rings (SSSR count). The van der Waals surface area contributed by atoms with E-state index in [1.54, 1.807) is 13.2 Å². The molecular formula is C13H16BrNO2. The zero-order valence-corrected chi connectivity index (χ0v) is 12.0. The molecule has 1 aromatic carbocycles. The van der Waals surface area contributed by atoms with Crippen LogP contribution in [0.3, 0.4) is 0 Å². The van der Waals surface area contributed by atoms with Crippen LogP contribution >= 0.6 is 15.9 Å². The fourth-order valence-corrected chi connectivity index (χ4v) is 1.89. The fourth-order valence-electron chi connectivity index (χ4n) is 1.54. The first-order chi connectivity index (χ1) is 8.11. The highest BCUT2D eigenvalue weighted by Crippen LogP contribution is 2.24. The minimum absolute atomic E-state index is 0.131. The number of hydrogen-bond acceptors (Lipinski definition) is 2. The Labute approximate surface area is 109 Å². The number of rotatable bonds is 1. The van der Waals surface area contributed by atoms with Crippen molar-refractivity contribution in [2.75, 3.05) is 7.11 Å². The Morgan fingerprint density at radius 1 is 1.24 bits per heavy atom. The molecule has 0 radical (unpaired) electrons. The number of hydrogen-bond donors (Lipinski definition) is 1. The summed E-state index contributed by atoms with van der Waals surface area (Å²) in [6, 6.07) is 5.62. The number of pyridine rings is 1. The average Bonchev–Trinajstić information content (AvgIpc) is 2.33. The van der Waals surface area contributed by atoms with Crippen LogP contribution < -0.4 is 10.3 Å². The van der Waals surface area contributed by atoms with Crippen molar-refractivity contribution in [3.05, 3.63) is 38.6 Å². The first kappa shape index (κ1) is 13.8. The van der Waals surface area contributed by atoms with Gasteiger partial charge in [-0.1, -0.05) is 13.8 Å². The average molecular weight is 298 g/mol. The Morgan fingerprint density at radius 2 is 1.88 bits per heavy atom. The van der Waals surface area contributed by atoms with Gasteiger partial charge in [-0.15, -0.1) is 0 Å². The van der Waals surface area contributed by atoms with E-state index in [1.165, 1.54) is 0 Å². The highest BCUT2D eigenvalue weighted by molar-refractivity contribution is 9.10. The molecule has 0 spiro atoms. The lowest BCUT2D eigenvalue weighted by molar-refractivity contribution is 0.412. The number of H-pyrrole nitrogens is 1. The van der Waals surface area contributed by atoms with Crippen molar-refractivity contribution in [2.45, 2.75) is 20.8 Å². The van der Waals surface area contributed by atoms with E-state index in [9.17, 15) is 4.79 Å². The van der Waals surface area contributed by atoms with Gasteiger partial charge in [-0.2, -0.15) is 0 Å². The Kier molecular flexibility index (Phi) is 4.75. The normalized spacial score (nSPS) is 9.71. The van der Waals surface area contributed by atoms with Gasteiger partial charge in [0.15, 0.2) is 0 Å². The number of aromatic nitrogens is 1. The second-order valence-electron chi connectivity index (χ2n) is 3.36. The quantitative estimate of drug-likeness (QED) is 0.873. The lowest BCUT2D eigenvalue weighted by Gasteiger charge is -2.06. The van der Waals surface area contributed by atoms with Crippen LogP contribution in [0.5, 0.6) is 5.75 Å². The second-order valence-corrected chi connectivity index (χ2v) is 4.21. The molecule has 0 aliphatic carbocycles. The van der Waals surface area contributed by atoms with Crippen molar-refractivity contribution in [1.29, 1.82) is 0 Å². The third-order valence-electron chi connectivity index (χ3n) is 2.31. The van der Waals surface area contributed by atoms with Gasteiger partial charge < -0.3 is 9.72 Å². The maximum Gasteiger partial charge on any atom is 0.262 e. The second kappa shape index (κ2) is 5.87. The van der Waals surface area contributed by atoms with Crippen molar-refractivity contribution in [2.24, 2.45) is 0 Å². The molecule has 92 valence electrons. The SMILES string of the molecule is CC.COc1cc2[nH]c(=O)c(Br)cc2cc1C. The van der Waals surface area contributed by atoms with Crippen LogP contribution in [-0.4, -0.2) is 12.1 Å². The van der Waals surface area contributed by atoms with Crippen LogP contribution in [0.4, 0.5) is 0 Å². The Balaban J connectivity index is 0.000000686. The summed E-state index contributed by atoms with van der Waals surface area (Å²) < 4.78 is 5.73. The Morgan fingerprint density at radius 3 is 2.47 bits per heavy atom. The van der Waals surface area contributed by atoms with Crippen molar-refractivity contribution in [3.8, 4) is 5.75 Å². The lowest BCUT2D eigenvalue weighted by Crippen LogP contribution is -2.06. The van der Waals surface area contributed by atoms with Gasteiger partial charge in [0.25, 0.3) is 5.56 Å². The highest BCUT2D eigenvalue weighted by atomic mass is 79.9. The van der Waals surface area contributed by atoms with Gasteiger partial charge in [0.2, 0.25) is 0 Å². The summed E-state index contributed by atoms with van der Waals surface area (Å²) >= 11 is 3.20. The molecule has 1 heterocycles. The molecule has 1 N–H and O–H groups in total. The van der Waals surface area contributed by atoms with Crippen LogP contribution in [0, 0.1) is 6.92 Å². The van der Waals surface area contributed by atoms with E-state index in [1.807, 2.05) is 32.9 Å². The van der Waals surface area contributed by atoms with E-state index in [4.69, 9.17) is 4.74 Å². The predicted molar refractivity (Wildman–Crippen MR) is 74.9 cm³/mol. The molecule has 0 atom stereocenters. The molecule has 4 heteroatoms. The minimum Gasteiger partial charge on any atom is -0.496 e. The van der Waals surface area contributed by atoms with Crippen LogP contribution in [-0.2, 0) is 0 Å². The molecule has 17 heavy (non-hydrogen) atoms. The molecule has 0 fully saturated rings. The third kappa shape index (κ3) is 2.88. The number of nitrogens with one attached hydrogen (secondary N) is 1. The molecule has 0 amide bonds. The number of aromatic amines is 1. The number of fused-ring (bicyclic) bond motifs is 1. The van der Waals surface area contributed by atoms with E-state index in [0.717, 1.165) is 22.2 Å². The summed E-state index contributed by atoms with van der Waals surface area (Å²) in [7, 11) is 1.62. The van der Waals surface area contributed by atoms with Gasteiger partial charge in [-0.25, -0.2) is 0 Å². The molecule has 0 saturated heterocycles. The molecule has 3 nitrogen and oxygen atoms in total. The maximum atomic E-state index is 11.4. The molecule has 0 aliphatic rings. The first-order valence-electron chi connectivity index (χ1n) is 5.49. The smallest absolute Gasteiger partial charge is 0.262 e. The topological polar surface area (TPSA) is 42.1 Å². The largest absolute Gasteiger partial charge is 0.496 e. The molecule has 0 unspecified atom stereocenters. The summed E-state index contributed by atoms with van der Waals surface area (Å²) in [5.74, 6) is 0.778. The molecule has 0 aliphatic heterocycles. The number of halogens is 1. The van der Waals surface area contributed by atoms with Gasteiger partial charge in [0.05, 0.1) is 17.1 Å². The number of benzene rings is 1. The zero-order valence-electron chi connectivity index (χ0n) is 10.4. The summed E-state index contributed by atoms with van der Waals surface area (Å²) in [5.41, 5.74) is 1.70. The maximum absolute atomic E-state index is 11.4. The number of ether oxygens (including phenoxy) is 1. The molecule has 1 aromatic heterocycles. The number of aryl methyl sites for hydroxylation is 1. The number of methoxy groups -OCH3 is 1. The molecule has 0 bridgehead atoms. The first-order valence-corrected chi connectivity index (χ1v) is 6.28. The van der Waals surface area contributed by atoms with Crippen molar-refractivity contribution < 1.29 is 4.74 Å². The van der Waals surface area contributed by atoms with E-state index >= 15 is 0 Å². The van der Waals surface area contributed by atoms with Crippen molar-refractivity contribution in [1.82, 2.24) is 4.98 Å². The van der Waals surface area contributed by atoms with E-state index in [0.29, 0.717) is 4.47 Å². The van der Waals surface area contributed by atoms with Crippen LogP contribution in [0.2, 0.25) is 0 Å². The van der Waals surface area contributed by atoms with Gasteiger partial charge >= 0.3 is 0 Å². The van der Waals surface area contributed by atoms with Crippen molar-refractivity contribution in [3.63, 3.8) is 0 Å². The van der Waals surface area contributed by atoms with E-state index in [2.05, 4.69) is 20.9 Å². The lowest BCUT2D eigenvalue weighted by atomic mass is 10.1. The summed E-state index contributed by atoms with van der Waals surface area (Å²) in [4.78, 5) is 14.2. The fraction of sp³-hybridized carbons (Fsp3) is 0.308. The predicted octanol–water partition coefficient (Wildman–Crippen LogP) is 3.63. The van der Waals surface area contributed by atoms with Gasteiger partial charge in [-0.3, -0.25) is 4.79 Å². The van der Waals surface area contributed by atoms with Crippen molar-refractivity contribution >= 4 is 26.8 Å². The third-order valence-corrected chi connectivity index (χ3v) is 2.90. The summed E-state index contributed by atoms with van der Waals surface area (Å²) in [5, 5.41) is 0.986. The van der Waals surface area contributed by atoms with Crippen LogP contribution in [0.1, 0.15) is 19.4 Å². The Bertz CT molecular complexity index is 575. The zero-order chi connectivity index (χ0) is 13.0. The van der Waals surface area contributed by atoms with Gasteiger partial charge in [0, 0.05) is 6.07 Å². The van der Waals surface area contributed by atoms with Gasteiger partial charge in [-0.05, 0) is 45.9 Å². The van der Waals surface area contributed by atoms with E-state index in [-0.39, 0.29) is 5.56 Å². The standard InChI is InChI=1S/C11H10BrNO2.C2H6/c1-6-3-7-4-8(12)11(14)13-9(7)5-10(6)15-2;1-2/h3-5H,1-2H3,(H,13,14);1-2H3. The van der Waals surface area contributed by atoms with Crippen LogP contribution in [0.25, 0.3) is 10.9 Å². The van der Waals surface area contributed by atoms with E-state index < -0.39 is 0 Å². The summed E-state index contributed by atoms with van der Waals surface area (Å²) in [6.45, 7) is 5.97. The van der Waals surface area contributed by atoms with Crippen LogP contribution in [0.15, 0.2) is 27.5 Å². The molecule has 2 aromatic rings. The molecular weight excluding hydrogens is 282 g/mol. The van der Waals surface area contributed by atoms with Gasteiger partial charge in [0.1, 0.15) is 5.75 Å². The highest BCUT2D eigenvalue weighted by Gasteiger charge is 2.04. The minimum atomic E-state index is -0.131. The monoisotopic (exact) mass is 297 g/mol. The molecule has 0 saturated carbocycles.